The maximum atomic E-state index is 13.4. The van der Waals surface area contributed by atoms with E-state index in [4.69, 9.17) is 0 Å². The summed E-state index contributed by atoms with van der Waals surface area (Å²) in [6.07, 6.45) is -6.47. The van der Waals surface area contributed by atoms with Crippen molar-refractivity contribution in [2.24, 2.45) is 0 Å². The number of halogens is 8. The summed E-state index contributed by atoms with van der Waals surface area (Å²) in [6, 6.07) is 0.253. The van der Waals surface area contributed by atoms with Crippen LogP contribution in [0.1, 0.15) is 24.2 Å². The third-order valence-electron chi connectivity index (χ3n) is 2.95. The molecule has 25 heavy (non-hydrogen) atoms. The van der Waals surface area contributed by atoms with Crippen molar-refractivity contribution in [3.05, 3.63) is 46.8 Å². The molecule has 0 unspecified atom stereocenters. The molecule has 1 heterocycles. The van der Waals surface area contributed by atoms with Gasteiger partial charge in [0.15, 0.2) is 23.3 Å². The molecule has 2 aromatic rings. The van der Waals surface area contributed by atoms with Gasteiger partial charge in [-0.05, 0) is 6.07 Å². The summed E-state index contributed by atoms with van der Waals surface area (Å²) < 4.78 is 104. The molecule has 2 rings (SSSR count). The summed E-state index contributed by atoms with van der Waals surface area (Å²) in [5.74, 6) is -8.87. The lowest BCUT2D eigenvalue weighted by molar-refractivity contribution is -0.117. The molecule has 136 valence electrons. The minimum Gasteiger partial charge on any atom is -0.319 e. The van der Waals surface area contributed by atoms with Crippen LogP contribution >= 0.6 is 0 Å². The van der Waals surface area contributed by atoms with Gasteiger partial charge in [-0.25, -0.2) is 35.1 Å². The van der Waals surface area contributed by atoms with Crippen LogP contribution in [0.5, 0.6) is 0 Å². The second kappa shape index (κ2) is 7.07. The van der Waals surface area contributed by atoms with E-state index in [-0.39, 0.29) is 10.7 Å². The van der Waals surface area contributed by atoms with Gasteiger partial charge in [-0.15, -0.1) is 0 Å². The minimum atomic E-state index is -3.27. The minimum absolute atomic E-state index is 0.0996. The Kier molecular flexibility index (Phi) is 5.28. The van der Waals surface area contributed by atoms with Crippen LogP contribution < -0.4 is 5.32 Å². The number of hydrogen-bond donors (Lipinski definition) is 1. The number of alkyl halides is 4. The van der Waals surface area contributed by atoms with Crippen molar-refractivity contribution in [2.75, 3.05) is 5.32 Å². The zero-order valence-electron chi connectivity index (χ0n) is 11.8. The highest BCUT2D eigenvalue weighted by atomic mass is 19.3. The number of benzene rings is 1. The lowest BCUT2D eigenvalue weighted by atomic mass is 10.2. The predicted molar refractivity (Wildman–Crippen MR) is 67.0 cm³/mol. The molecule has 1 amide bonds. The molecule has 0 bridgehead atoms. The molecule has 0 aliphatic heterocycles. The average molecular weight is 373 g/mol. The first-order valence-corrected chi connectivity index (χ1v) is 6.38. The predicted octanol–water partition coefficient (Wildman–Crippen LogP) is 3.95. The van der Waals surface area contributed by atoms with Gasteiger partial charge in [0.2, 0.25) is 5.91 Å². The Morgan fingerprint density at radius 3 is 2.04 bits per heavy atom. The highest BCUT2D eigenvalue weighted by Crippen LogP contribution is 2.26. The second-order valence-electron chi connectivity index (χ2n) is 4.64. The van der Waals surface area contributed by atoms with Crippen LogP contribution in [-0.2, 0) is 11.3 Å². The molecule has 0 saturated carbocycles. The monoisotopic (exact) mass is 373 g/mol. The fourth-order valence-corrected chi connectivity index (χ4v) is 1.86. The van der Waals surface area contributed by atoms with Crippen molar-refractivity contribution in [3.8, 4) is 0 Å². The van der Waals surface area contributed by atoms with Crippen LogP contribution in [0.2, 0.25) is 0 Å². The van der Waals surface area contributed by atoms with Crippen molar-refractivity contribution in [3.63, 3.8) is 0 Å². The lowest BCUT2D eigenvalue weighted by Crippen LogP contribution is -2.23. The SMILES string of the molecule is O=C(Cn1nc(C(F)F)cc1C(F)F)Nc1c(F)c(F)cc(F)c1F. The first-order chi connectivity index (χ1) is 11.6. The molecule has 1 aromatic carbocycles. The zero-order valence-corrected chi connectivity index (χ0v) is 11.8. The Morgan fingerprint density at radius 2 is 1.56 bits per heavy atom. The second-order valence-corrected chi connectivity index (χ2v) is 4.64. The van der Waals surface area contributed by atoms with E-state index in [2.05, 4.69) is 5.10 Å². The van der Waals surface area contributed by atoms with E-state index in [1.165, 1.54) is 5.32 Å². The fraction of sp³-hybridized carbons (Fsp3) is 0.231. The van der Waals surface area contributed by atoms with Gasteiger partial charge in [0.05, 0.1) is 0 Å². The van der Waals surface area contributed by atoms with Gasteiger partial charge in [0, 0.05) is 6.07 Å². The number of carbonyl (C=O) groups excluding carboxylic acids is 1. The van der Waals surface area contributed by atoms with E-state index >= 15 is 0 Å². The Hall–Kier alpha value is -2.66. The van der Waals surface area contributed by atoms with E-state index in [1.54, 1.807) is 0 Å². The van der Waals surface area contributed by atoms with E-state index < -0.39 is 65.6 Å². The topological polar surface area (TPSA) is 46.9 Å². The Labute approximate surface area is 134 Å². The van der Waals surface area contributed by atoms with Gasteiger partial charge in [0.25, 0.3) is 12.9 Å². The maximum Gasteiger partial charge on any atom is 0.282 e. The number of aromatic nitrogens is 2. The first kappa shape index (κ1) is 18.7. The molecule has 0 spiro atoms. The summed E-state index contributed by atoms with van der Waals surface area (Å²) in [6.45, 7) is -1.15. The van der Waals surface area contributed by atoms with Gasteiger partial charge < -0.3 is 5.32 Å². The number of nitrogens with zero attached hydrogens (tertiary/aromatic N) is 2. The summed E-state index contributed by atoms with van der Waals surface area (Å²) in [5, 5.41) is 4.53. The molecule has 0 fully saturated rings. The third-order valence-corrected chi connectivity index (χ3v) is 2.95. The van der Waals surface area contributed by atoms with Crippen molar-refractivity contribution in [2.45, 2.75) is 19.4 Å². The molecule has 0 aliphatic rings. The standard InChI is InChI=1S/C13H7F8N3O/c14-4-1-5(15)10(17)11(9(4)16)22-8(25)3-24-7(13(20)21)2-6(23-24)12(18)19/h1-2,12-13H,3H2,(H,22,25). The van der Waals surface area contributed by atoms with Crippen LogP contribution in [0.25, 0.3) is 0 Å². The largest absolute Gasteiger partial charge is 0.319 e. The molecular weight excluding hydrogens is 366 g/mol. The summed E-state index contributed by atoms with van der Waals surface area (Å²) in [5.41, 5.74) is -3.57. The van der Waals surface area contributed by atoms with E-state index in [1.807, 2.05) is 0 Å². The molecule has 1 aromatic heterocycles. The smallest absolute Gasteiger partial charge is 0.282 e. The van der Waals surface area contributed by atoms with Gasteiger partial charge >= 0.3 is 0 Å². The molecule has 1 N–H and O–H groups in total. The van der Waals surface area contributed by atoms with Crippen LogP contribution in [0.4, 0.5) is 40.8 Å². The Bertz CT molecular complexity index is 779. The maximum absolute atomic E-state index is 13.4. The Balaban J connectivity index is 2.27. The molecular formula is C13H7F8N3O. The summed E-state index contributed by atoms with van der Waals surface area (Å²) in [7, 11) is 0. The van der Waals surface area contributed by atoms with Crippen LogP contribution in [0.3, 0.4) is 0 Å². The number of amides is 1. The Morgan fingerprint density at radius 1 is 1.00 bits per heavy atom. The van der Waals surface area contributed by atoms with Crippen molar-refractivity contribution in [1.29, 1.82) is 0 Å². The highest BCUT2D eigenvalue weighted by Gasteiger charge is 2.24. The van der Waals surface area contributed by atoms with E-state index in [0.717, 1.165) is 0 Å². The number of hydrogen-bond acceptors (Lipinski definition) is 2. The van der Waals surface area contributed by atoms with Crippen LogP contribution in [0.15, 0.2) is 12.1 Å². The van der Waals surface area contributed by atoms with Crippen molar-refractivity contribution in [1.82, 2.24) is 9.78 Å². The highest BCUT2D eigenvalue weighted by molar-refractivity contribution is 5.90. The van der Waals surface area contributed by atoms with E-state index in [0.29, 0.717) is 6.07 Å². The molecule has 0 atom stereocenters. The fourth-order valence-electron chi connectivity index (χ4n) is 1.86. The van der Waals surface area contributed by atoms with Gasteiger partial charge in [-0.1, -0.05) is 0 Å². The average Bonchev–Trinajstić information content (AvgIpc) is 2.94. The number of carbonyl (C=O) groups is 1. The quantitative estimate of drug-likeness (QED) is 0.637. The molecule has 0 saturated heterocycles. The summed E-state index contributed by atoms with van der Waals surface area (Å²) >= 11 is 0. The number of nitrogens with one attached hydrogen (secondary N) is 1. The normalized spacial score (nSPS) is 11.4. The molecule has 0 radical (unpaired) electrons. The number of rotatable bonds is 5. The van der Waals surface area contributed by atoms with E-state index in [9.17, 15) is 39.9 Å². The zero-order chi connectivity index (χ0) is 18.9. The molecule has 4 nitrogen and oxygen atoms in total. The molecule has 0 aliphatic carbocycles. The van der Waals surface area contributed by atoms with Crippen molar-refractivity contribution < 1.29 is 39.9 Å². The summed E-state index contributed by atoms with van der Waals surface area (Å²) in [4.78, 5) is 11.7. The van der Waals surface area contributed by atoms with Gasteiger partial charge in [-0.3, -0.25) is 9.48 Å². The first-order valence-electron chi connectivity index (χ1n) is 6.38. The lowest BCUT2D eigenvalue weighted by Gasteiger charge is -2.10. The van der Waals surface area contributed by atoms with Crippen LogP contribution in [0, 0.1) is 23.3 Å². The van der Waals surface area contributed by atoms with Crippen molar-refractivity contribution >= 4 is 11.6 Å². The third kappa shape index (κ3) is 3.88. The number of anilines is 1. The van der Waals surface area contributed by atoms with Gasteiger partial charge in [-0.2, -0.15) is 5.10 Å². The van der Waals surface area contributed by atoms with Gasteiger partial charge in [0.1, 0.15) is 23.6 Å². The molecule has 12 heteroatoms. The van der Waals surface area contributed by atoms with Crippen LogP contribution in [-0.4, -0.2) is 15.7 Å².